The first-order valence-electron chi connectivity index (χ1n) is 6.99. The van der Waals surface area contributed by atoms with E-state index in [0.29, 0.717) is 0 Å². The van der Waals surface area contributed by atoms with Crippen molar-refractivity contribution >= 4 is 33.4 Å². The summed E-state index contributed by atoms with van der Waals surface area (Å²) in [6.45, 7) is 0. The lowest BCUT2D eigenvalue weighted by Gasteiger charge is -2.24. The fourth-order valence-electron chi connectivity index (χ4n) is 4.23. The van der Waals surface area contributed by atoms with E-state index in [2.05, 4.69) is 59.0 Å². The zero-order valence-electron chi connectivity index (χ0n) is 10.4. The van der Waals surface area contributed by atoms with Gasteiger partial charge in [0.25, 0.3) is 0 Å². The summed E-state index contributed by atoms with van der Waals surface area (Å²) >= 11 is 2.47. The van der Waals surface area contributed by atoms with Crippen molar-refractivity contribution < 1.29 is 0 Å². The molecule has 0 aromatic heterocycles. The van der Waals surface area contributed by atoms with Gasteiger partial charge in [-0.2, -0.15) is 0 Å². The van der Waals surface area contributed by atoms with Gasteiger partial charge in [0.15, 0.2) is 0 Å². The number of fused-ring (bicyclic) bond motifs is 3. The van der Waals surface area contributed by atoms with Crippen LogP contribution < -0.4 is 0 Å². The third-order valence-electron chi connectivity index (χ3n) is 5.00. The summed E-state index contributed by atoms with van der Waals surface area (Å²) in [5.41, 5.74) is 1.63. The molecule has 0 radical (unpaired) electrons. The topological polar surface area (TPSA) is 0 Å². The number of halogens is 1. The molecular weight excluding hydrogens is 331 g/mol. The molecule has 4 rings (SSSR count). The molecule has 0 N–H and O–H groups in total. The van der Waals surface area contributed by atoms with Gasteiger partial charge in [0, 0.05) is 3.57 Å². The van der Waals surface area contributed by atoms with Gasteiger partial charge >= 0.3 is 0 Å². The Bertz CT molecular complexity index is 602. The zero-order chi connectivity index (χ0) is 12.1. The van der Waals surface area contributed by atoms with Crippen LogP contribution >= 0.6 is 22.6 Å². The Labute approximate surface area is 122 Å². The summed E-state index contributed by atoms with van der Waals surface area (Å²) < 4.78 is 1.39. The van der Waals surface area contributed by atoms with Gasteiger partial charge in [0.05, 0.1) is 0 Å². The first-order valence-corrected chi connectivity index (χ1v) is 8.07. The molecule has 2 bridgehead atoms. The van der Waals surface area contributed by atoms with Crippen LogP contribution in [0.15, 0.2) is 36.4 Å². The highest BCUT2D eigenvalue weighted by atomic mass is 127. The predicted molar refractivity (Wildman–Crippen MR) is 84.9 cm³/mol. The van der Waals surface area contributed by atoms with Crippen LogP contribution in [0.25, 0.3) is 10.8 Å². The van der Waals surface area contributed by atoms with Crippen molar-refractivity contribution in [3.63, 3.8) is 0 Å². The maximum Gasteiger partial charge on any atom is 0.0139 e. The molecule has 0 spiro atoms. The van der Waals surface area contributed by atoms with E-state index in [1.807, 2.05) is 0 Å². The SMILES string of the molecule is Ic1cc(C2CC3CCC2C3)c2ccccc2c1. The molecule has 2 fully saturated rings. The zero-order valence-corrected chi connectivity index (χ0v) is 12.6. The molecule has 2 aliphatic rings. The first-order chi connectivity index (χ1) is 8.81. The van der Waals surface area contributed by atoms with Crippen molar-refractivity contribution in [2.75, 3.05) is 0 Å². The van der Waals surface area contributed by atoms with Gasteiger partial charge in [0.2, 0.25) is 0 Å². The summed E-state index contributed by atoms with van der Waals surface area (Å²) in [5.74, 6) is 2.83. The Kier molecular flexibility index (Phi) is 2.65. The van der Waals surface area contributed by atoms with E-state index in [1.165, 1.54) is 40.0 Å². The van der Waals surface area contributed by atoms with Crippen LogP contribution in [0.2, 0.25) is 0 Å². The molecule has 0 amide bonds. The molecule has 18 heavy (non-hydrogen) atoms. The van der Waals surface area contributed by atoms with E-state index >= 15 is 0 Å². The molecule has 92 valence electrons. The van der Waals surface area contributed by atoms with Crippen LogP contribution in [0.1, 0.15) is 37.2 Å². The fraction of sp³-hybridized carbons (Fsp3) is 0.412. The standard InChI is InChI=1S/C17H17I/c18-14-9-12-3-1-2-4-15(12)17(10-14)16-8-11-5-6-13(16)7-11/h1-4,9-11,13,16H,5-8H2. The maximum atomic E-state index is 2.47. The monoisotopic (exact) mass is 348 g/mol. The average molecular weight is 348 g/mol. The minimum atomic E-state index is 0.836. The average Bonchev–Trinajstić information content (AvgIpc) is 3.00. The van der Waals surface area contributed by atoms with Crippen LogP contribution in [0.5, 0.6) is 0 Å². The maximum absolute atomic E-state index is 2.47. The Balaban J connectivity index is 1.89. The van der Waals surface area contributed by atoms with Crippen molar-refractivity contribution in [2.24, 2.45) is 11.8 Å². The van der Waals surface area contributed by atoms with Gasteiger partial charge < -0.3 is 0 Å². The first kappa shape index (κ1) is 11.3. The van der Waals surface area contributed by atoms with E-state index in [4.69, 9.17) is 0 Å². The molecule has 3 atom stereocenters. The summed E-state index contributed by atoms with van der Waals surface area (Å²) in [7, 11) is 0. The van der Waals surface area contributed by atoms with Gasteiger partial charge in [-0.15, -0.1) is 0 Å². The fourth-order valence-corrected chi connectivity index (χ4v) is 4.91. The Morgan fingerprint density at radius 2 is 1.89 bits per heavy atom. The van der Waals surface area contributed by atoms with Crippen LogP contribution in [0.3, 0.4) is 0 Å². The van der Waals surface area contributed by atoms with E-state index in [-0.39, 0.29) is 0 Å². The van der Waals surface area contributed by atoms with Crippen molar-refractivity contribution in [1.82, 2.24) is 0 Å². The van der Waals surface area contributed by atoms with Crippen molar-refractivity contribution in [3.8, 4) is 0 Å². The highest BCUT2D eigenvalue weighted by molar-refractivity contribution is 14.1. The van der Waals surface area contributed by atoms with Crippen LogP contribution in [0.4, 0.5) is 0 Å². The van der Waals surface area contributed by atoms with E-state index in [9.17, 15) is 0 Å². The van der Waals surface area contributed by atoms with E-state index in [1.54, 1.807) is 5.56 Å². The lowest BCUT2D eigenvalue weighted by Crippen LogP contribution is -2.09. The Morgan fingerprint density at radius 3 is 2.67 bits per heavy atom. The highest BCUT2D eigenvalue weighted by Gasteiger charge is 2.40. The van der Waals surface area contributed by atoms with Gasteiger partial charge in [0.1, 0.15) is 0 Å². The van der Waals surface area contributed by atoms with Gasteiger partial charge in [-0.25, -0.2) is 0 Å². The molecule has 2 aromatic rings. The summed E-state index contributed by atoms with van der Waals surface area (Å²) in [4.78, 5) is 0. The molecule has 1 heteroatoms. The number of rotatable bonds is 1. The second-order valence-corrected chi connectivity index (χ2v) is 7.24. The van der Waals surface area contributed by atoms with E-state index in [0.717, 1.165) is 17.8 Å². The predicted octanol–water partition coefficient (Wildman–Crippen LogP) is 5.35. The highest BCUT2D eigenvalue weighted by Crippen LogP contribution is 2.53. The molecule has 2 aromatic carbocycles. The number of hydrogen-bond donors (Lipinski definition) is 0. The molecule has 0 nitrogen and oxygen atoms in total. The van der Waals surface area contributed by atoms with Crippen molar-refractivity contribution in [3.05, 3.63) is 45.5 Å². The third kappa shape index (κ3) is 1.70. The third-order valence-corrected chi connectivity index (χ3v) is 5.62. The summed E-state index contributed by atoms with van der Waals surface area (Å²) in [6.07, 6.45) is 5.89. The lowest BCUT2D eigenvalue weighted by molar-refractivity contribution is 0.422. The molecule has 2 saturated carbocycles. The van der Waals surface area contributed by atoms with Gasteiger partial charge in [-0.05, 0) is 88.1 Å². The minimum absolute atomic E-state index is 0.836. The summed E-state index contributed by atoms with van der Waals surface area (Å²) in [6, 6.07) is 13.7. The van der Waals surface area contributed by atoms with Gasteiger partial charge in [-0.3, -0.25) is 0 Å². The molecule has 0 saturated heterocycles. The minimum Gasteiger partial charge on any atom is -0.0616 e. The Morgan fingerprint density at radius 1 is 1.00 bits per heavy atom. The largest absolute Gasteiger partial charge is 0.0616 e. The van der Waals surface area contributed by atoms with E-state index < -0.39 is 0 Å². The number of hydrogen-bond acceptors (Lipinski definition) is 0. The quantitative estimate of drug-likeness (QED) is 0.610. The second kappa shape index (κ2) is 4.22. The number of benzene rings is 2. The van der Waals surface area contributed by atoms with Crippen molar-refractivity contribution in [2.45, 2.75) is 31.6 Å². The van der Waals surface area contributed by atoms with Crippen LogP contribution in [-0.2, 0) is 0 Å². The molecule has 0 aliphatic heterocycles. The normalized spacial score (nSPS) is 30.2. The Hall–Kier alpha value is -0.570. The molecule has 0 heterocycles. The second-order valence-electron chi connectivity index (χ2n) is 6.00. The summed E-state index contributed by atoms with van der Waals surface area (Å²) in [5, 5.41) is 2.91. The molecule has 3 unspecified atom stereocenters. The molecule has 2 aliphatic carbocycles. The molecular formula is C17H17I. The van der Waals surface area contributed by atoms with Gasteiger partial charge in [-0.1, -0.05) is 30.7 Å². The van der Waals surface area contributed by atoms with Crippen molar-refractivity contribution in [1.29, 1.82) is 0 Å². The van der Waals surface area contributed by atoms with Crippen LogP contribution in [0, 0.1) is 15.4 Å². The smallest absolute Gasteiger partial charge is 0.0139 e. The van der Waals surface area contributed by atoms with Crippen LogP contribution in [-0.4, -0.2) is 0 Å². The lowest BCUT2D eigenvalue weighted by atomic mass is 9.81.